The van der Waals surface area contributed by atoms with Crippen molar-refractivity contribution in [2.45, 2.75) is 31.6 Å². The Hall–Kier alpha value is -3.79. The third-order valence-electron chi connectivity index (χ3n) is 6.49. The summed E-state index contributed by atoms with van der Waals surface area (Å²) in [4.78, 5) is 35.8. The SMILES string of the molecule is O=C(O)C#CCNC(=O)C1(CNC(=O)OCC2c3ccccc3-c3ccccc32)CCCC1. The fourth-order valence-corrected chi connectivity index (χ4v) is 4.86. The highest BCUT2D eigenvalue weighted by Crippen LogP contribution is 2.44. The first-order chi connectivity index (χ1) is 16.0. The molecule has 0 saturated heterocycles. The van der Waals surface area contributed by atoms with Crippen molar-refractivity contribution in [1.82, 2.24) is 10.6 Å². The molecular weight excluding hydrogens is 420 g/mol. The van der Waals surface area contributed by atoms with Crippen LogP contribution in [0.3, 0.4) is 0 Å². The molecule has 0 aromatic heterocycles. The minimum atomic E-state index is -1.24. The highest BCUT2D eigenvalue weighted by molar-refractivity contribution is 5.87. The van der Waals surface area contributed by atoms with E-state index in [1.165, 1.54) is 0 Å². The molecule has 2 aromatic rings. The summed E-state index contributed by atoms with van der Waals surface area (Å²) < 4.78 is 5.58. The Labute approximate surface area is 192 Å². The van der Waals surface area contributed by atoms with Crippen LogP contribution >= 0.6 is 0 Å². The van der Waals surface area contributed by atoms with Gasteiger partial charge in [0.1, 0.15) is 6.61 Å². The third-order valence-corrected chi connectivity index (χ3v) is 6.49. The molecule has 2 aliphatic carbocycles. The molecule has 4 rings (SSSR count). The van der Waals surface area contributed by atoms with Crippen LogP contribution in [0.1, 0.15) is 42.7 Å². The summed E-state index contributed by atoms with van der Waals surface area (Å²) in [6.45, 7) is 0.337. The van der Waals surface area contributed by atoms with Crippen LogP contribution < -0.4 is 10.6 Å². The van der Waals surface area contributed by atoms with Crippen LogP contribution in [0, 0.1) is 17.3 Å². The first-order valence-electron chi connectivity index (χ1n) is 11.1. The Kier molecular flexibility index (Phi) is 6.64. The number of hydrogen-bond donors (Lipinski definition) is 3. The molecule has 0 radical (unpaired) electrons. The maximum absolute atomic E-state index is 12.7. The summed E-state index contributed by atoms with van der Waals surface area (Å²) in [5, 5.41) is 14.0. The molecule has 33 heavy (non-hydrogen) atoms. The summed E-state index contributed by atoms with van der Waals surface area (Å²) in [5.74, 6) is 2.88. The number of ether oxygens (including phenoxy) is 1. The summed E-state index contributed by atoms with van der Waals surface area (Å²) in [5.41, 5.74) is 3.88. The molecule has 0 aliphatic heterocycles. The van der Waals surface area contributed by atoms with Crippen LogP contribution in [-0.2, 0) is 14.3 Å². The largest absolute Gasteiger partial charge is 0.472 e. The van der Waals surface area contributed by atoms with Crippen molar-refractivity contribution in [3.63, 3.8) is 0 Å². The maximum Gasteiger partial charge on any atom is 0.407 e. The van der Waals surface area contributed by atoms with Gasteiger partial charge in [-0.3, -0.25) is 4.79 Å². The lowest BCUT2D eigenvalue weighted by Gasteiger charge is -2.27. The molecule has 0 spiro atoms. The number of hydrogen-bond acceptors (Lipinski definition) is 4. The van der Waals surface area contributed by atoms with E-state index in [1.807, 2.05) is 30.2 Å². The minimum absolute atomic E-state index is 0.0281. The Balaban J connectivity index is 1.35. The topological polar surface area (TPSA) is 105 Å². The van der Waals surface area contributed by atoms with Crippen LogP contribution in [0.25, 0.3) is 11.1 Å². The Morgan fingerprint density at radius 2 is 1.58 bits per heavy atom. The van der Waals surface area contributed by atoms with Gasteiger partial charge in [0.05, 0.1) is 12.0 Å². The van der Waals surface area contributed by atoms with Gasteiger partial charge in [0.2, 0.25) is 5.91 Å². The predicted molar refractivity (Wildman–Crippen MR) is 122 cm³/mol. The first kappa shape index (κ1) is 22.4. The lowest BCUT2D eigenvalue weighted by atomic mass is 9.85. The highest BCUT2D eigenvalue weighted by atomic mass is 16.5. The molecule has 170 valence electrons. The van der Waals surface area contributed by atoms with E-state index in [4.69, 9.17) is 9.84 Å². The van der Waals surface area contributed by atoms with Gasteiger partial charge in [-0.25, -0.2) is 9.59 Å². The monoisotopic (exact) mass is 446 g/mol. The van der Waals surface area contributed by atoms with Crippen molar-refractivity contribution in [1.29, 1.82) is 0 Å². The average Bonchev–Trinajstić information content (AvgIpc) is 3.43. The average molecular weight is 447 g/mol. The van der Waals surface area contributed by atoms with Crippen molar-refractivity contribution in [3.05, 3.63) is 59.7 Å². The van der Waals surface area contributed by atoms with E-state index in [-0.39, 0.29) is 31.5 Å². The molecular formula is C26H26N2O5. The predicted octanol–water partition coefficient (Wildman–Crippen LogP) is 3.29. The molecule has 7 heteroatoms. The number of aliphatic carboxylic acids is 1. The van der Waals surface area contributed by atoms with Gasteiger partial charge in [0.25, 0.3) is 0 Å². The van der Waals surface area contributed by atoms with Gasteiger partial charge in [-0.2, -0.15) is 0 Å². The fraction of sp³-hybridized carbons (Fsp3) is 0.346. The van der Waals surface area contributed by atoms with Crippen LogP contribution in [0.15, 0.2) is 48.5 Å². The number of nitrogens with one attached hydrogen (secondary N) is 2. The smallest absolute Gasteiger partial charge is 0.407 e. The van der Waals surface area contributed by atoms with Crippen LogP contribution in [0.4, 0.5) is 4.79 Å². The lowest BCUT2D eigenvalue weighted by Crippen LogP contribution is -2.47. The molecule has 7 nitrogen and oxygen atoms in total. The second kappa shape index (κ2) is 9.78. The number of carbonyl (C=O) groups is 3. The molecule has 3 N–H and O–H groups in total. The van der Waals surface area contributed by atoms with E-state index in [0.29, 0.717) is 12.8 Å². The van der Waals surface area contributed by atoms with Gasteiger partial charge in [-0.1, -0.05) is 67.3 Å². The number of carboxylic acid groups (broad SMARTS) is 1. The molecule has 2 aromatic carbocycles. The van der Waals surface area contributed by atoms with Crippen LogP contribution in [0.2, 0.25) is 0 Å². The molecule has 0 heterocycles. The third kappa shape index (κ3) is 4.85. The van der Waals surface area contributed by atoms with Gasteiger partial charge < -0.3 is 20.5 Å². The molecule has 1 fully saturated rings. The van der Waals surface area contributed by atoms with E-state index in [2.05, 4.69) is 40.8 Å². The molecule has 0 unspecified atom stereocenters. The molecule has 1 saturated carbocycles. The highest BCUT2D eigenvalue weighted by Gasteiger charge is 2.41. The number of rotatable bonds is 6. The zero-order chi connectivity index (χ0) is 23.3. The zero-order valence-corrected chi connectivity index (χ0v) is 18.2. The lowest BCUT2D eigenvalue weighted by molar-refractivity contribution is -0.131. The number of carbonyl (C=O) groups excluding carboxylic acids is 2. The number of benzene rings is 2. The number of carboxylic acids is 1. The summed E-state index contributed by atoms with van der Waals surface area (Å²) >= 11 is 0. The molecule has 0 atom stereocenters. The number of amides is 2. The van der Waals surface area contributed by atoms with Gasteiger partial charge in [-0.15, -0.1) is 0 Å². The van der Waals surface area contributed by atoms with Crippen LogP contribution in [0.5, 0.6) is 0 Å². The van der Waals surface area contributed by atoms with E-state index >= 15 is 0 Å². The summed E-state index contributed by atoms with van der Waals surface area (Å²) in [6.07, 6.45) is 2.52. The van der Waals surface area contributed by atoms with Crippen molar-refractivity contribution in [2.24, 2.45) is 5.41 Å². The number of fused-ring (bicyclic) bond motifs is 3. The van der Waals surface area contributed by atoms with Gasteiger partial charge >= 0.3 is 12.1 Å². The Morgan fingerprint density at radius 1 is 0.970 bits per heavy atom. The molecule has 2 amide bonds. The van der Waals surface area contributed by atoms with E-state index in [1.54, 1.807) is 0 Å². The zero-order valence-electron chi connectivity index (χ0n) is 18.2. The van der Waals surface area contributed by atoms with Gasteiger partial charge in [-0.05, 0) is 35.1 Å². The van der Waals surface area contributed by atoms with E-state index in [9.17, 15) is 14.4 Å². The maximum atomic E-state index is 12.7. The standard InChI is InChI=1S/C26H26N2O5/c29-23(30)12-7-15-27-24(31)26(13-5-6-14-26)17-28-25(32)33-16-22-20-10-3-1-8-18(20)19-9-2-4-11-21(19)22/h1-4,8-11,22H,5-6,13-17H2,(H,27,31)(H,28,32)(H,29,30). The van der Waals surface area contributed by atoms with Gasteiger partial charge in [0.15, 0.2) is 0 Å². The quantitative estimate of drug-likeness (QED) is 0.591. The second-order valence-electron chi connectivity index (χ2n) is 8.46. The van der Waals surface area contributed by atoms with Crippen LogP contribution in [-0.4, -0.2) is 42.8 Å². The number of alkyl carbamates (subject to hydrolysis) is 1. The Bertz CT molecular complexity index is 1080. The first-order valence-corrected chi connectivity index (χ1v) is 11.1. The molecule has 0 bridgehead atoms. The van der Waals surface area contributed by atoms with E-state index < -0.39 is 17.5 Å². The summed E-state index contributed by atoms with van der Waals surface area (Å²) in [6, 6.07) is 16.3. The van der Waals surface area contributed by atoms with Crippen molar-refractivity contribution >= 4 is 18.0 Å². The molecule has 2 aliphatic rings. The fourth-order valence-electron chi connectivity index (χ4n) is 4.86. The minimum Gasteiger partial charge on any atom is -0.472 e. The van der Waals surface area contributed by atoms with Crippen molar-refractivity contribution < 1.29 is 24.2 Å². The van der Waals surface area contributed by atoms with Crippen molar-refractivity contribution in [3.8, 4) is 23.0 Å². The van der Waals surface area contributed by atoms with Gasteiger partial charge in [0, 0.05) is 18.4 Å². The van der Waals surface area contributed by atoms with E-state index in [0.717, 1.165) is 35.1 Å². The second-order valence-corrected chi connectivity index (χ2v) is 8.46. The van der Waals surface area contributed by atoms with Crippen molar-refractivity contribution in [2.75, 3.05) is 19.7 Å². The normalized spacial score (nSPS) is 15.5. The summed E-state index contributed by atoms with van der Waals surface area (Å²) in [7, 11) is 0. The Morgan fingerprint density at radius 3 is 2.18 bits per heavy atom.